The van der Waals surface area contributed by atoms with Crippen LogP contribution in [0.15, 0.2) is 90.5 Å². The lowest BCUT2D eigenvalue weighted by Gasteiger charge is -2.28. The summed E-state index contributed by atoms with van der Waals surface area (Å²) in [5.41, 5.74) is 11.5. The third-order valence-corrected chi connectivity index (χ3v) is 12.3. The Labute approximate surface area is 283 Å². The Bertz CT molecular complexity index is 2310. The fourth-order valence-electron chi connectivity index (χ4n) is 8.79. The Morgan fingerprint density at radius 1 is 0.875 bits per heavy atom. The number of thiophene rings is 1. The van der Waals surface area contributed by atoms with E-state index in [1.807, 2.05) is 6.92 Å². The van der Waals surface area contributed by atoms with E-state index in [1.54, 1.807) is 17.4 Å². The number of aromatic carboxylic acids is 1. The number of allylic oxidation sites excluding steroid dienone is 1. The molecule has 0 amide bonds. The molecule has 48 heavy (non-hydrogen) atoms. The number of aryl methyl sites for hydroxylation is 1. The summed E-state index contributed by atoms with van der Waals surface area (Å²) < 4.78 is 0. The molecule has 4 aromatic carbocycles. The van der Waals surface area contributed by atoms with Crippen LogP contribution in [0, 0.1) is 6.92 Å². The Kier molecular flexibility index (Phi) is 6.19. The average Bonchev–Trinajstić information content (AvgIpc) is 3.87. The molecular formula is C42H33NO4S. The SMILES string of the molecule is Cc1cc(-c2ccc3c(c2)C2CCCC2N3c2ccc3c(c2)-c2ccccc2C3(C)C)sc1/C=C1/C(=O)c2cccc(C(=O)O)c2C1=O. The van der Waals surface area contributed by atoms with E-state index in [0.717, 1.165) is 27.3 Å². The number of benzene rings is 4. The predicted octanol–water partition coefficient (Wildman–Crippen LogP) is 9.98. The summed E-state index contributed by atoms with van der Waals surface area (Å²) in [5.74, 6) is -1.69. The van der Waals surface area contributed by atoms with E-state index in [0.29, 0.717) is 12.0 Å². The molecule has 0 spiro atoms. The Morgan fingerprint density at radius 3 is 2.50 bits per heavy atom. The van der Waals surface area contributed by atoms with E-state index >= 15 is 0 Å². The first-order chi connectivity index (χ1) is 23.1. The van der Waals surface area contributed by atoms with Gasteiger partial charge in [-0.3, -0.25) is 9.59 Å². The van der Waals surface area contributed by atoms with Crippen molar-refractivity contribution in [1.29, 1.82) is 0 Å². The van der Waals surface area contributed by atoms with E-state index < -0.39 is 17.5 Å². The van der Waals surface area contributed by atoms with E-state index in [-0.39, 0.29) is 27.7 Å². The van der Waals surface area contributed by atoms with Gasteiger partial charge in [0.1, 0.15) is 0 Å². The van der Waals surface area contributed by atoms with Gasteiger partial charge in [0.15, 0.2) is 11.6 Å². The first kappa shape index (κ1) is 29.1. The van der Waals surface area contributed by atoms with Crippen molar-refractivity contribution in [2.45, 2.75) is 57.4 Å². The summed E-state index contributed by atoms with van der Waals surface area (Å²) in [5, 5.41) is 9.61. The monoisotopic (exact) mass is 647 g/mol. The van der Waals surface area contributed by atoms with Gasteiger partial charge in [-0.05, 0) is 101 Å². The topological polar surface area (TPSA) is 74.7 Å². The molecule has 2 atom stereocenters. The summed E-state index contributed by atoms with van der Waals surface area (Å²) >= 11 is 1.56. The average molecular weight is 648 g/mol. The highest BCUT2D eigenvalue weighted by atomic mass is 32.1. The highest BCUT2D eigenvalue weighted by Crippen LogP contribution is 2.55. The first-order valence-corrected chi connectivity index (χ1v) is 17.4. The Morgan fingerprint density at radius 2 is 1.67 bits per heavy atom. The number of anilines is 2. The van der Waals surface area contributed by atoms with Gasteiger partial charge in [0, 0.05) is 49.6 Å². The van der Waals surface area contributed by atoms with Gasteiger partial charge < -0.3 is 10.0 Å². The van der Waals surface area contributed by atoms with Crippen LogP contribution in [-0.2, 0) is 5.41 Å². The summed E-state index contributed by atoms with van der Waals surface area (Å²) in [6.07, 6.45) is 5.19. The maximum atomic E-state index is 13.3. The number of nitrogens with zero attached hydrogens (tertiary/aromatic N) is 1. The quantitative estimate of drug-likeness (QED) is 0.155. The molecule has 3 aliphatic carbocycles. The lowest BCUT2D eigenvalue weighted by Crippen LogP contribution is -2.26. The van der Waals surface area contributed by atoms with Crippen LogP contribution in [0.3, 0.4) is 0 Å². The van der Waals surface area contributed by atoms with Gasteiger partial charge >= 0.3 is 5.97 Å². The molecule has 2 heterocycles. The van der Waals surface area contributed by atoms with E-state index in [1.165, 1.54) is 70.2 Å². The van der Waals surface area contributed by atoms with E-state index in [9.17, 15) is 19.5 Å². The summed E-state index contributed by atoms with van der Waals surface area (Å²) in [6.45, 7) is 6.63. The maximum absolute atomic E-state index is 13.3. The molecule has 9 rings (SSSR count). The van der Waals surface area contributed by atoms with Gasteiger partial charge in [-0.15, -0.1) is 11.3 Å². The van der Waals surface area contributed by atoms with Crippen LogP contribution in [-0.4, -0.2) is 28.7 Å². The molecule has 1 saturated carbocycles. The molecule has 4 aliphatic rings. The van der Waals surface area contributed by atoms with Crippen LogP contribution in [0.2, 0.25) is 0 Å². The number of carboxylic acids is 1. The van der Waals surface area contributed by atoms with E-state index in [4.69, 9.17) is 0 Å². The van der Waals surface area contributed by atoms with Crippen LogP contribution >= 0.6 is 11.3 Å². The number of hydrogen-bond donors (Lipinski definition) is 1. The van der Waals surface area contributed by atoms with Crippen molar-refractivity contribution in [2.24, 2.45) is 0 Å². The normalized spacial score (nSPS) is 20.6. The summed E-state index contributed by atoms with van der Waals surface area (Å²) in [6, 6.07) is 29.7. The van der Waals surface area contributed by atoms with Gasteiger partial charge in [-0.2, -0.15) is 0 Å². The number of carbonyl (C=O) groups is 3. The number of carbonyl (C=O) groups excluding carboxylic acids is 2. The fraction of sp³-hybridized carbons (Fsp3) is 0.214. The van der Waals surface area contributed by atoms with Gasteiger partial charge in [0.2, 0.25) is 0 Å². The minimum Gasteiger partial charge on any atom is -0.478 e. The van der Waals surface area contributed by atoms with Crippen molar-refractivity contribution in [3.8, 4) is 21.6 Å². The second kappa shape index (κ2) is 10.2. The van der Waals surface area contributed by atoms with Crippen LogP contribution in [0.5, 0.6) is 0 Å². The molecule has 1 N–H and O–H groups in total. The van der Waals surface area contributed by atoms with Crippen LogP contribution in [0.25, 0.3) is 27.6 Å². The first-order valence-electron chi connectivity index (χ1n) is 16.6. The van der Waals surface area contributed by atoms with Gasteiger partial charge in [0.25, 0.3) is 0 Å². The lowest BCUT2D eigenvalue weighted by atomic mass is 9.82. The second-order valence-corrected chi connectivity index (χ2v) is 15.1. The molecule has 6 heteroatoms. The molecule has 236 valence electrons. The van der Waals surface area contributed by atoms with Crippen molar-refractivity contribution < 1.29 is 19.5 Å². The predicted molar refractivity (Wildman–Crippen MR) is 191 cm³/mol. The largest absolute Gasteiger partial charge is 0.478 e. The summed E-state index contributed by atoms with van der Waals surface area (Å²) in [7, 11) is 0. The Hall–Kier alpha value is -5.07. The zero-order valence-electron chi connectivity index (χ0n) is 27.0. The number of ketones is 2. The van der Waals surface area contributed by atoms with Crippen molar-refractivity contribution in [3.05, 3.63) is 134 Å². The number of carboxylic acid groups (broad SMARTS) is 1. The number of fused-ring (bicyclic) bond motifs is 7. The molecule has 0 saturated heterocycles. The second-order valence-electron chi connectivity index (χ2n) is 14.1. The molecule has 1 aromatic heterocycles. The van der Waals surface area contributed by atoms with Gasteiger partial charge in [0.05, 0.1) is 11.1 Å². The molecule has 5 aromatic rings. The Balaban J connectivity index is 1.07. The summed E-state index contributed by atoms with van der Waals surface area (Å²) in [4.78, 5) is 42.8. The molecule has 0 bridgehead atoms. The molecule has 0 radical (unpaired) electrons. The number of rotatable bonds is 4. The van der Waals surface area contributed by atoms with Crippen molar-refractivity contribution >= 4 is 46.3 Å². The molecule has 2 unspecified atom stereocenters. The third kappa shape index (κ3) is 3.99. The molecular weight excluding hydrogens is 615 g/mol. The fourth-order valence-corrected chi connectivity index (χ4v) is 9.91. The zero-order valence-corrected chi connectivity index (χ0v) is 27.8. The smallest absolute Gasteiger partial charge is 0.336 e. The molecule has 1 aliphatic heterocycles. The van der Waals surface area contributed by atoms with Gasteiger partial charge in [-0.1, -0.05) is 68.8 Å². The highest BCUT2D eigenvalue weighted by Gasteiger charge is 2.43. The van der Waals surface area contributed by atoms with E-state index in [2.05, 4.69) is 85.5 Å². The number of hydrogen-bond acceptors (Lipinski definition) is 5. The lowest BCUT2D eigenvalue weighted by molar-refractivity contribution is 0.0692. The number of Topliss-reactive ketones (excluding diaryl/α,β-unsaturated/α-hetero) is 2. The third-order valence-electron chi connectivity index (χ3n) is 11.1. The zero-order chi connectivity index (χ0) is 33.1. The minimum atomic E-state index is -1.21. The van der Waals surface area contributed by atoms with Crippen LogP contribution in [0.1, 0.15) is 97.2 Å². The highest BCUT2D eigenvalue weighted by molar-refractivity contribution is 7.16. The molecule has 1 fully saturated rings. The van der Waals surface area contributed by atoms with Crippen molar-refractivity contribution in [3.63, 3.8) is 0 Å². The van der Waals surface area contributed by atoms with Crippen LogP contribution < -0.4 is 4.90 Å². The molecule has 5 nitrogen and oxygen atoms in total. The van der Waals surface area contributed by atoms with Crippen LogP contribution in [0.4, 0.5) is 11.4 Å². The maximum Gasteiger partial charge on any atom is 0.336 e. The van der Waals surface area contributed by atoms with Crippen molar-refractivity contribution in [2.75, 3.05) is 4.90 Å². The van der Waals surface area contributed by atoms with Crippen molar-refractivity contribution in [1.82, 2.24) is 0 Å². The standard InChI is InChI=1S/C42H33NO4S/c1-22-18-37(48-36(22)21-31-39(44)27-10-6-11-28(41(46)47)38(27)40(31)45)23-14-17-35-30(19-23)26-9-7-13-34(26)43(35)24-15-16-33-29(20-24)25-8-4-5-12-32(25)42(33,2)3/h4-6,8,10-12,14-21,26,34H,7,9,13H2,1-3H3,(H,46,47)/b31-21-. The van der Waals surface area contributed by atoms with Gasteiger partial charge in [-0.25, -0.2) is 4.79 Å². The minimum absolute atomic E-state index is 0.0127.